The van der Waals surface area contributed by atoms with Crippen molar-refractivity contribution < 1.29 is 4.42 Å². The minimum absolute atomic E-state index is 0.431. The molecule has 0 unspecified atom stereocenters. The standard InChI is InChI=1S/C14H26N4O/c1-4-8-15-11-12-16-17-13(19-12)18-9-5-6-14(2,3)7-10-18/h15H,4-11H2,1-3H3. The Balaban J connectivity index is 1.91. The number of hydrogen-bond acceptors (Lipinski definition) is 5. The Morgan fingerprint density at radius 1 is 1.26 bits per heavy atom. The molecule has 0 saturated carbocycles. The Bertz CT molecular complexity index is 389. The molecule has 1 aliphatic rings. The highest BCUT2D eigenvalue weighted by atomic mass is 16.4. The fraction of sp³-hybridized carbons (Fsp3) is 0.857. The fourth-order valence-corrected chi connectivity index (χ4v) is 2.43. The van der Waals surface area contributed by atoms with Gasteiger partial charge in [0.1, 0.15) is 0 Å². The molecule has 0 radical (unpaired) electrons. The number of aromatic nitrogens is 2. The molecule has 0 aromatic carbocycles. The zero-order valence-corrected chi connectivity index (χ0v) is 12.4. The van der Waals surface area contributed by atoms with Gasteiger partial charge in [0, 0.05) is 13.1 Å². The highest BCUT2D eigenvalue weighted by Gasteiger charge is 2.25. The van der Waals surface area contributed by atoms with Crippen LogP contribution in [0.3, 0.4) is 0 Å². The van der Waals surface area contributed by atoms with Crippen molar-refractivity contribution in [2.45, 2.75) is 53.0 Å². The van der Waals surface area contributed by atoms with Gasteiger partial charge in [-0.3, -0.25) is 0 Å². The monoisotopic (exact) mass is 266 g/mol. The summed E-state index contributed by atoms with van der Waals surface area (Å²) < 4.78 is 5.73. The van der Waals surface area contributed by atoms with Crippen molar-refractivity contribution in [3.05, 3.63) is 5.89 Å². The maximum Gasteiger partial charge on any atom is 0.318 e. The SMILES string of the molecule is CCCNCc1nnc(N2CCCC(C)(C)CC2)o1. The number of hydrogen-bond donors (Lipinski definition) is 1. The van der Waals surface area contributed by atoms with Gasteiger partial charge in [0.2, 0.25) is 5.89 Å². The van der Waals surface area contributed by atoms with Crippen LogP contribution in [0.15, 0.2) is 4.42 Å². The molecule has 1 aliphatic heterocycles. The van der Waals surface area contributed by atoms with Crippen LogP contribution < -0.4 is 10.2 Å². The minimum atomic E-state index is 0.431. The Morgan fingerprint density at radius 2 is 2.11 bits per heavy atom. The Hall–Kier alpha value is -1.10. The van der Waals surface area contributed by atoms with E-state index < -0.39 is 0 Å². The van der Waals surface area contributed by atoms with E-state index in [4.69, 9.17) is 4.42 Å². The number of anilines is 1. The van der Waals surface area contributed by atoms with Gasteiger partial charge >= 0.3 is 6.01 Å². The molecule has 0 aliphatic carbocycles. The lowest BCUT2D eigenvalue weighted by Crippen LogP contribution is -2.25. The Labute approximate surface area is 115 Å². The summed E-state index contributed by atoms with van der Waals surface area (Å²) in [7, 11) is 0. The molecular weight excluding hydrogens is 240 g/mol. The van der Waals surface area contributed by atoms with E-state index in [9.17, 15) is 0 Å². The molecule has 2 rings (SSSR count). The average molecular weight is 266 g/mol. The van der Waals surface area contributed by atoms with E-state index >= 15 is 0 Å². The Kier molecular flexibility index (Phi) is 4.80. The molecule has 1 N–H and O–H groups in total. The molecule has 108 valence electrons. The summed E-state index contributed by atoms with van der Waals surface area (Å²) >= 11 is 0. The van der Waals surface area contributed by atoms with Crippen LogP contribution in [0.2, 0.25) is 0 Å². The van der Waals surface area contributed by atoms with E-state index in [2.05, 4.69) is 41.2 Å². The second kappa shape index (κ2) is 6.37. The van der Waals surface area contributed by atoms with Crippen LogP contribution in [0.1, 0.15) is 52.3 Å². The van der Waals surface area contributed by atoms with Gasteiger partial charge in [-0.25, -0.2) is 0 Å². The zero-order valence-electron chi connectivity index (χ0n) is 12.4. The molecule has 2 heterocycles. The van der Waals surface area contributed by atoms with Gasteiger partial charge in [0.15, 0.2) is 0 Å². The third kappa shape index (κ3) is 4.20. The highest BCUT2D eigenvalue weighted by molar-refractivity contribution is 5.24. The summed E-state index contributed by atoms with van der Waals surface area (Å²) in [5, 5.41) is 11.6. The van der Waals surface area contributed by atoms with E-state index in [-0.39, 0.29) is 0 Å². The fourth-order valence-electron chi connectivity index (χ4n) is 2.43. The van der Waals surface area contributed by atoms with Crippen molar-refractivity contribution in [3.63, 3.8) is 0 Å². The molecule has 1 aromatic heterocycles. The summed E-state index contributed by atoms with van der Waals surface area (Å²) in [5.41, 5.74) is 0.431. The van der Waals surface area contributed by atoms with Crippen LogP contribution >= 0.6 is 0 Å². The second-order valence-electron chi connectivity index (χ2n) is 6.16. The molecule has 0 bridgehead atoms. The number of rotatable bonds is 5. The van der Waals surface area contributed by atoms with Crippen molar-refractivity contribution >= 4 is 6.01 Å². The summed E-state index contributed by atoms with van der Waals surface area (Å²) in [6.45, 7) is 10.5. The minimum Gasteiger partial charge on any atom is -0.407 e. The molecule has 19 heavy (non-hydrogen) atoms. The summed E-state index contributed by atoms with van der Waals surface area (Å²) in [6.07, 6.45) is 4.75. The van der Waals surface area contributed by atoms with Crippen molar-refractivity contribution in [1.29, 1.82) is 0 Å². The van der Waals surface area contributed by atoms with Crippen LogP contribution in [0, 0.1) is 5.41 Å². The molecule has 5 heteroatoms. The van der Waals surface area contributed by atoms with E-state index in [0.29, 0.717) is 23.9 Å². The van der Waals surface area contributed by atoms with Gasteiger partial charge in [-0.05, 0) is 37.6 Å². The normalized spacial score (nSPS) is 19.4. The van der Waals surface area contributed by atoms with E-state index in [0.717, 1.165) is 26.1 Å². The summed E-state index contributed by atoms with van der Waals surface area (Å²) in [4.78, 5) is 2.23. The van der Waals surface area contributed by atoms with Crippen molar-refractivity contribution in [1.82, 2.24) is 15.5 Å². The predicted molar refractivity (Wildman–Crippen MR) is 76.1 cm³/mol. The number of nitrogens with one attached hydrogen (secondary N) is 1. The van der Waals surface area contributed by atoms with Gasteiger partial charge in [-0.2, -0.15) is 0 Å². The molecule has 0 amide bonds. The average Bonchev–Trinajstić information content (AvgIpc) is 2.75. The van der Waals surface area contributed by atoms with Gasteiger partial charge in [-0.15, -0.1) is 5.10 Å². The van der Waals surface area contributed by atoms with Crippen molar-refractivity contribution in [2.75, 3.05) is 24.5 Å². The van der Waals surface area contributed by atoms with Gasteiger partial charge in [0.05, 0.1) is 6.54 Å². The molecule has 0 atom stereocenters. The van der Waals surface area contributed by atoms with E-state index in [1.165, 1.54) is 19.3 Å². The van der Waals surface area contributed by atoms with Crippen LogP contribution in [-0.4, -0.2) is 29.8 Å². The quantitative estimate of drug-likeness (QED) is 0.830. The molecular formula is C14H26N4O. The lowest BCUT2D eigenvalue weighted by molar-refractivity contribution is 0.324. The summed E-state index contributed by atoms with van der Waals surface area (Å²) in [6, 6.07) is 0.686. The molecule has 0 spiro atoms. The molecule has 5 nitrogen and oxygen atoms in total. The molecule has 1 saturated heterocycles. The predicted octanol–water partition coefficient (Wildman–Crippen LogP) is 2.59. The van der Waals surface area contributed by atoms with Crippen LogP contribution in [-0.2, 0) is 6.54 Å². The summed E-state index contributed by atoms with van der Waals surface area (Å²) in [5.74, 6) is 0.687. The maximum atomic E-state index is 5.73. The van der Waals surface area contributed by atoms with Crippen LogP contribution in [0.4, 0.5) is 6.01 Å². The highest BCUT2D eigenvalue weighted by Crippen LogP contribution is 2.31. The first-order valence-electron chi connectivity index (χ1n) is 7.39. The molecule has 1 fully saturated rings. The first kappa shape index (κ1) is 14.3. The van der Waals surface area contributed by atoms with Crippen LogP contribution in [0.5, 0.6) is 0 Å². The van der Waals surface area contributed by atoms with E-state index in [1.807, 2.05) is 0 Å². The lowest BCUT2D eigenvalue weighted by atomic mass is 9.85. The smallest absolute Gasteiger partial charge is 0.318 e. The topological polar surface area (TPSA) is 54.2 Å². The first-order valence-corrected chi connectivity index (χ1v) is 7.39. The third-order valence-electron chi connectivity index (χ3n) is 3.77. The maximum absolute atomic E-state index is 5.73. The second-order valence-corrected chi connectivity index (χ2v) is 6.16. The molecule has 1 aromatic rings. The lowest BCUT2D eigenvalue weighted by Gasteiger charge is -2.22. The zero-order chi connectivity index (χ0) is 13.7. The van der Waals surface area contributed by atoms with Crippen LogP contribution in [0.25, 0.3) is 0 Å². The Morgan fingerprint density at radius 3 is 2.89 bits per heavy atom. The number of nitrogens with zero attached hydrogens (tertiary/aromatic N) is 3. The first-order chi connectivity index (χ1) is 9.11. The van der Waals surface area contributed by atoms with Crippen molar-refractivity contribution in [2.24, 2.45) is 5.41 Å². The largest absolute Gasteiger partial charge is 0.407 e. The van der Waals surface area contributed by atoms with Gasteiger partial charge in [-0.1, -0.05) is 25.9 Å². The van der Waals surface area contributed by atoms with Crippen molar-refractivity contribution in [3.8, 4) is 0 Å². The van der Waals surface area contributed by atoms with Gasteiger partial charge < -0.3 is 14.6 Å². The third-order valence-corrected chi connectivity index (χ3v) is 3.77. The van der Waals surface area contributed by atoms with E-state index in [1.54, 1.807) is 0 Å². The van der Waals surface area contributed by atoms with Gasteiger partial charge in [0.25, 0.3) is 0 Å².